The Morgan fingerprint density at radius 2 is 1.54 bits per heavy atom. The fourth-order valence-electron chi connectivity index (χ4n) is 1.84. The third-order valence-corrected chi connectivity index (χ3v) is 3.07. The Morgan fingerprint density at radius 1 is 1.04 bits per heavy atom. The van der Waals surface area contributed by atoms with E-state index in [0.29, 0.717) is 17.1 Å². The molecule has 0 spiro atoms. The number of hydrogen-bond acceptors (Lipinski definition) is 5. The van der Waals surface area contributed by atoms with Gasteiger partial charge >= 0.3 is 12.1 Å². The van der Waals surface area contributed by atoms with Crippen molar-refractivity contribution in [3.63, 3.8) is 0 Å². The number of halogens is 3. The molecule has 0 saturated carbocycles. The third-order valence-electron chi connectivity index (χ3n) is 3.07. The molecule has 5 nitrogen and oxygen atoms in total. The van der Waals surface area contributed by atoms with Gasteiger partial charge in [-0.25, -0.2) is 4.79 Å². The van der Waals surface area contributed by atoms with Gasteiger partial charge in [0.1, 0.15) is 17.2 Å². The largest absolute Gasteiger partial charge is 0.479 e. The predicted molar refractivity (Wildman–Crippen MR) is 84.8 cm³/mol. The van der Waals surface area contributed by atoms with Gasteiger partial charge in [0.25, 0.3) is 0 Å². The van der Waals surface area contributed by atoms with Gasteiger partial charge in [-0.3, -0.25) is 0 Å². The number of carbonyl (C=O) groups is 1. The Morgan fingerprint density at radius 3 is 2.04 bits per heavy atom. The molecule has 0 aliphatic heterocycles. The van der Waals surface area contributed by atoms with E-state index in [-0.39, 0.29) is 5.75 Å². The molecular weight excluding hydrogens is 351 g/mol. The van der Waals surface area contributed by atoms with Crippen molar-refractivity contribution in [2.75, 3.05) is 6.61 Å². The molecule has 1 unspecified atom stereocenters. The van der Waals surface area contributed by atoms with Gasteiger partial charge in [0.05, 0.1) is 11.6 Å². The van der Waals surface area contributed by atoms with Crippen molar-refractivity contribution in [2.24, 2.45) is 0 Å². The monoisotopic (exact) mass is 365 g/mol. The minimum absolute atomic E-state index is 0.272. The van der Waals surface area contributed by atoms with E-state index in [2.05, 4.69) is 4.74 Å². The maximum absolute atomic E-state index is 12.0. The van der Waals surface area contributed by atoms with Crippen molar-refractivity contribution >= 4 is 5.97 Å². The van der Waals surface area contributed by atoms with E-state index >= 15 is 0 Å². The Balaban J connectivity index is 1.90. The second-order valence-electron chi connectivity index (χ2n) is 5.19. The summed E-state index contributed by atoms with van der Waals surface area (Å²) >= 11 is 0. The lowest BCUT2D eigenvalue weighted by molar-refractivity contribution is -0.190. The average molecular weight is 365 g/mol. The Labute approximate surface area is 147 Å². The van der Waals surface area contributed by atoms with Crippen LogP contribution in [-0.2, 0) is 9.53 Å². The number of esters is 1. The number of alkyl halides is 3. The molecule has 0 N–H and O–H groups in total. The first-order chi connectivity index (χ1) is 12.3. The van der Waals surface area contributed by atoms with Gasteiger partial charge in [-0.15, -0.1) is 0 Å². The first kappa shape index (κ1) is 19.1. The molecule has 8 heteroatoms. The van der Waals surface area contributed by atoms with Crippen LogP contribution in [0.3, 0.4) is 0 Å². The van der Waals surface area contributed by atoms with Crippen molar-refractivity contribution in [1.29, 1.82) is 5.26 Å². The van der Waals surface area contributed by atoms with E-state index < -0.39 is 24.9 Å². The summed E-state index contributed by atoms with van der Waals surface area (Å²) in [5.74, 6) is 0.171. The minimum Gasteiger partial charge on any atom is -0.479 e. The SMILES string of the molecule is CC(Oc1ccc(Oc2ccc(C#N)cc2)cc1)C(=O)OCC(F)(F)F. The molecule has 0 aromatic heterocycles. The topological polar surface area (TPSA) is 68.5 Å². The summed E-state index contributed by atoms with van der Waals surface area (Å²) in [5, 5.41) is 8.74. The van der Waals surface area contributed by atoms with Crippen LogP contribution in [0.4, 0.5) is 13.2 Å². The lowest BCUT2D eigenvalue weighted by atomic mass is 10.2. The highest BCUT2D eigenvalue weighted by atomic mass is 19.4. The normalized spacial score (nSPS) is 12.0. The Hall–Kier alpha value is -3.21. The van der Waals surface area contributed by atoms with Crippen molar-refractivity contribution in [1.82, 2.24) is 0 Å². The standard InChI is InChI=1S/C18H14F3NO4/c1-12(17(23)24-11-18(19,20)21)25-14-6-8-16(9-7-14)26-15-4-2-13(10-22)3-5-15/h2-9,12H,11H2,1H3. The van der Waals surface area contributed by atoms with Gasteiger partial charge in [0, 0.05) is 0 Å². The van der Waals surface area contributed by atoms with Crippen molar-refractivity contribution in [3.05, 3.63) is 54.1 Å². The second kappa shape index (κ2) is 8.25. The molecule has 26 heavy (non-hydrogen) atoms. The fourth-order valence-corrected chi connectivity index (χ4v) is 1.84. The molecule has 0 radical (unpaired) electrons. The molecule has 0 saturated heterocycles. The van der Waals surface area contributed by atoms with E-state index in [1.54, 1.807) is 36.4 Å². The van der Waals surface area contributed by atoms with Crippen LogP contribution < -0.4 is 9.47 Å². The molecule has 136 valence electrons. The number of nitrogens with zero attached hydrogens (tertiary/aromatic N) is 1. The van der Waals surface area contributed by atoms with Crippen LogP contribution in [0.5, 0.6) is 17.2 Å². The number of rotatable bonds is 6. The number of nitriles is 1. The summed E-state index contributed by atoms with van der Waals surface area (Å²) in [6, 6.07) is 14.7. The lowest BCUT2D eigenvalue weighted by Crippen LogP contribution is -2.30. The van der Waals surface area contributed by atoms with Crippen LogP contribution in [0.2, 0.25) is 0 Å². The van der Waals surface area contributed by atoms with E-state index in [9.17, 15) is 18.0 Å². The molecule has 0 amide bonds. The van der Waals surface area contributed by atoms with E-state index in [4.69, 9.17) is 14.7 Å². The maximum Gasteiger partial charge on any atom is 0.422 e. The van der Waals surface area contributed by atoms with E-state index in [1.165, 1.54) is 19.1 Å². The molecule has 2 rings (SSSR count). The highest BCUT2D eigenvalue weighted by Crippen LogP contribution is 2.24. The zero-order valence-electron chi connectivity index (χ0n) is 13.6. The number of ether oxygens (including phenoxy) is 3. The van der Waals surface area contributed by atoms with Gasteiger partial charge in [0.2, 0.25) is 0 Å². The van der Waals surface area contributed by atoms with Crippen LogP contribution in [0, 0.1) is 11.3 Å². The van der Waals surface area contributed by atoms with Crippen LogP contribution in [-0.4, -0.2) is 24.9 Å². The predicted octanol–water partition coefficient (Wildman–Crippen LogP) is 4.22. The quantitative estimate of drug-likeness (QED) is 0.717. The van der Waals surface area contributed by atoms with Crippen LogP contribution in [0.25, 0.3) is 0 Å². The number of carbonyl (C=O) groups excluding carboxylic acids is 1. The minimum atomic E-state index is -4.58. The molecule has 1 atom stereocenters. The first-order valence-corrected chi connectivity index (χ1v) is 7.45. The second-order valence-corrected chi connectivity index (χ2v) is 5.19. The zero-order valence-corrected chi connectivity index (χ0v) is 13.6. The summed E-state index contributed by atoms with van der Waals surface area (Å²) in [6.45, 7) is -0.364. The van der Waals surface area contributed by atoms with Crippen molar-refractivity contribution in [2.45, 2.75) is 19.2 Å². The molecule has 0 heterocycles. The summed E-state index contributed by atoms with van der Waals surface area (Å²) in [6.07, 6.45) is -5.78. The molecule has 0 aliphatic carbocycles. The maximum atomic E-state index is 12.0. The lowest BCUT2D eigenvalue weighted by Gasteiger charge is -2.15. The number of hydrogen-bond donors (Lipinski definition) is 0. The van der Waals surface area contributed by atoms with Crippen molar-refractivity contribution in [3.8, 4) is 23.3 Å². The summed E-state index contributed by atoms with van der Waals surface area (Å²) < 4.78 is 51.0. The Bertz CT molecular complexity index is 780. The third kappa shape index (κ3) is 6.02. The highest BCUT2D eigenvalue weighted by molar-refractivity contribution is 5.74. The fraction of sp³-hybridized carbons (Fsp3) is 0.222. The van der Waals surface area contributed by atoms with Gasteiger partial charge < -0.3 is 14.2 Å². The summed E-state index contributed by atoms with van der Waals surface area (Å²) in [5.41, 5.74) is 0.507. The Kier molecular flexibility index (Phi) is 6.07. The average Bonchev–Trinajstić information content (AvgIpc) is 2.61. The van der Waals surface area contributed by atoms with E-state index in [0.717, 1.165) is 0 Å². The molecule has 2 aromatic rings. The molecule has 0 bridgehead atoms. The van der Waals surface area contributed by atoms with Crippen LogP contribution >= 0.6 is 0 Å². The zero-order chi connectivity index (χ0) is 19.2. The highest BCUT2D eigenvalue weighted by Gasteiger charge is 2.31. The van der Waals surface area contributed by atoms with Crippen molar-refractivity contribution < 1.29 is 32.2 Å². The molecule has 2 aromatic carbocycles. The van der Waals surface area contributed by atoms with Gasteiger partial charge in [0.15, 0.2) is 12.7 Å². The van der Waals surface area contributed by atoms with Gasteiger partial charge in [-0.2, -0.15) is 18.4 Å². The summed E-state index contributed by atoms with van der Waals surface area (Å²) in [4.78, 5) is 11.5. The molecular formula is C18H14F3NO4. The van der Waals surface area contributed by atoms with Gasteiger partial charge in [-0.05, 0) is 55.5 Å². The van der Waals surface area contributed by atoms with Gasteiger partial charge in [-0.1, -0.05) is 0 Å². The molecule has 0 aliphatic rings. The molecule has 0 fully saturated rings. The summed E-state index contributed by atoms with van der Waals surface area (Å²) in [7, 11) is 0. The van der Waals surface area contributed by atoms with E-state index in [1.807, 2.05) is 6.07 Å². The van der Waals surface area contributed by atoms with Crippen LogP contribution in [0.1, 0.15) is 12.5 Å². The smallest absolute Gasteiger partial charge is 0.422 e. The first-order valence-electron chi connectivity index (χ1n) is 7.45. The number of benzene rings is 2. The van der Waals surface area contributed by atoms with Crippen LogP contribution in [0.15, 0.2) is 48.5 Å².